The molecule has 3 nitrogen and oxygen atoms in total. The van der Waals surface area contributed by atoms with Gasteiger partial charge in [0.2, 0.25) is 0 Å². The van der Waals surface area contributed by atoms with E-state index in [4.69, 9.17) is 10.5 Å². The molecule has 0 bridgehead atoms. The third kappa shape index (κ3) is 13.1. The molecule has 0 unspecified atom stereocenters. The van der Waals surface area contributed by atoms with Gasteiger partial charge in [0, 0.05) is 0 Å². The Morgan fingerprint density at radius 2 is 1.00 bits per heavy atom. The minimum Gasteiger partial charge on any atom is -0.870 e. The van der Waals surface area contributed by atoms with Crippen molar-refractivity contribution in [2.24, 2.45) is 0 Å². The second kappa shape index (κ2) is 41.6. The molecule has 0 saturated heterocycles. The molecule has 3 N–H and O–H groups in total. The fourth-order valence-corrected chi connectivity index (χ4v) is 0. The van der Waals surface area contributed by atoms with Crippen molar-refractivity contribution in [2.45, 2.75) is 0 Å². The summed E-state index contributed by atoms with van der Waals surface area (Å²) < 4.78 is 0. The van der Waals surface area contributed by atoms with Crippen molar-refractivity contribution in [3.63, 3.8) is 0 Å². The van der Waals surface area contributed by atoms with Crippen LogP contribution in [0.15, 0.2) is 0 Å². The van der Waals surface area contributed by atoms with Gasteiger partial charge >= 0.3 is 29.6 Å². The van der Waals surface area contributed by atoms with Crippen LogP contribution in [-0.2, 0) is 0 Å². The van der Waals surface area contributed by atoms with Crippen molar-refractivity contribution in [2.75, 3.05) is 0 Å². The van der Waals surface area contributed by atoms with Gasteiger partial charge < -0.3 is 5.48 Å². The SMILES string of the molecule is OO.[Na+].[OH-]. The van der Waals surface area contributed by atoms with E-state index < -0.39 is 0 Å². The van der Waals surface area contributed by atoms with Crippen LogP contribution in [0.25, 0.3) is 0 Å². The molecule has 0 amide bonds. The van der Waals surface area contributed by atoms with E-state index in [1.807, 2.05) is 0 Å². The van der Waals surface area contributed by atoms with Crippen LogP contribution in [0.2, 0.25) is 0 Å². The zero-order valence-corrected chi connectivity index (χ0v) is 4.34. The molecule has 0 fully saturated rings. The third-order valence-corrected chi connectivity index (χ3v) is 0. The Bertz CT molecular complexity index is 3.25. The van der Waals surface area contributed by atoms with E-state index in [1.165, 1.54) is 0 Å². The molecule has 0 aliphatic heterocycles. The van der Waals surface area contributed by atoms with E-state index in [0.717, 1.165) is 0 Å². The summed E-state index contributed by atoms with van der Waals surface area (Å²) in [5.74, 6) is 0. The predicted molar refractivity (Wildman–Crippen MR) is 7.19 cm³/mol. The molecule has 0 aromatic heterocycles. The summed E-state index contributed by atoms with van der Waals surface area (Å²) in [5, 5.41) is 12.0. The first kappa shape index (κ1) is 20.8. The summed E-state index contributed by atoms with van der Waals surface area (Å²) in [6.07, 6.45) is 0. The molecule has 0 aliphatic rings. The summed E-state index contributed by atoms with van der Waals surface area (Å²) in [6.45, 7) is 0. The Hall–Kier alpha value is 0.880. The smallest absolute Gasteiger partial charge is 0.870 e. The molecule has 4 heavy (non-hydrogen) atoms. The number of rotatable bonds is 0. The average Bonchev–Trinajstić information content (AvgIpc) is 1.00. The van der Waals surface area contributed by atoms with Crippen LogP contribution in [0.4, 0.5) is 0 Å². The Morgan fingerprint density at radius 3 is 1.00 bits per heavy atom. The van der Waals surface area contributed by atoms with Crippen molar-refractivity contribution in [3.8, 4) is 0 Å². The zero-order valence-electron chi connectivity index (χ0n) is 2.34. The zero-order chi connectivity index (χ0) is 2.00. The Balaban J connectivity index is -0.00000000500. The Morgan fingerprint density at radius 1 is 1.00 bits per heavy atom. The summed E-state index contributed by atoms with van der Waals surface area (Å²) >= 11 is 0. The molecule has 0 spiro atoms. The summed E-state index contributed by atoms with van der Waals surface area (Å²) in [6, 6.07) is 0. The van der Waals surface area contributed by atoms with Crippen molar-refractivity contribution < 1.29 is 45.5 Å². The normalized spacial score (nSPS) is 1.50. The van der Waals surface area contributed by atoms with Gasteiger partial charge in [-0.3, -0.25) is 10.5 Å². The molecule has 0 atom stereocenters. The Labute approximate surface area is 45.8 Å². The van der Waals surface area contributed by atoms with E-state index in [0.29, 0.717) is 0 Å². The molecule has 0 rings (SSSR count). The van der Waals surface area contributed by atoms with Crippen molar-refractivity contribution in [3.05, 3.63) is 0 Å². The van der Waals surface area contributed by atoms with Gasteiger partial charge in [0.05, 0.1) is 0 Å². The van der Waals surface area contributed by atoms with Gasteiger partial charge in [-0.05, 0) is 0 Å². The molecule has 0 heterocycles. The standard InChI is InChI=1S/Na.H2O2.H2O/c;1-2;/h;1-2H;1H2/q+1;;/p-1. The van der Waals surface area contributed by atoms with E-state index >= 15 is 0 Å². The van der Waals surface area contributed by atoms with Gasteiger partial charge in [-0.15, -0.1) is 0 Å². The van der Waals surface area contributed by atoms with Gasteiger partial charge in [0.15, 0.2) is 0 Å². The first-order chi connectivity index (χ1) is 1.00. The van der Waals surface area contributed by atoms with Crippen LogP contribution in [0.1, 0.15) is 0 Å². The van der Waals surface area contributed by atoms with E-state index in [1.54, 1.807) is 0 Å². The maximum Gasteiger partial charge on any atom is 1.00 e. The van der Waals surface area contributed by atoms with Gasteiger partial charge in [0.25, 0.3) is 0 Å². The molecule has 0 aliphatic carbocycles. The largest absolute Gasteiger partial charge is 1.00 e. The fraction of sp³-hybridized carbons (Fsp3) is 0. The van der Waals surface area contributed by atoms with Gasteiger partial charge in [-0.1, -0.05) is 0 Å². The second-order valence-electron chi connectivity index (χ2n) is 0. The van der Waals surface area contributed by atoms with Crippen LogP contribution in [0.3, 0.4) is 0 Å². The maximum atomic E-state index is 6.00. The van der Waals surface area contributed by atoms with Crippen molar-refractivity contribution >= 4 is 0 Å². The van der Waals surface area contributed by atoms with Crippen LogP contribution in [0, 0.1) is 0 Å². The van der Waals surface area contributed by atoms with E-state index in [9.17, 15) is 0 Å². The van der Waals surface area contributed by atoms with Gasteiger partial charge in [-0.25, -0.2) is 0 Å². The number of hydrogen-bond acceptors (Lipinski definition) is 3. The van der Waals surface area contributed by atoms with E-state index in [2.05, 4.69) is 0 Å². The quantitative estimate of drug-likeness (QED) is 0.181. The molecule has 0 aromatic rings. The minimum atomic E-state index is 0. The van der Waals surface area contributed by atoms with Crippen LogP contribution in [-0.4, -0.2) is 16.0 Å². The minimum absolute atomic E-state index is 0. The van der Waals surface area contributed by atoms with Crippen LogP contribution in [0.5, 0.6) is 0 Å². The average molecular weight is 74.0 g/mol. The molecule has 0 saturated carbocycles. The molecule has 0 radical (unpaired) electrons. The van der Waals surface area contributed by atoms with Gasteiger partial charge in [0.1, 0.15) is 0 Å². The van der Waals surface area contributed by atoms with Gasteiger partial charge in [-0.2, -0.15) is 0 Å². The second-order valence-corrected chi connectivity index (χ2v) is 0. The Kier molecular flexibility index (Phi) is 216. The number of hydrogen-bond donors (Lipinski definition) is 2. The molecule has 0 aromatic carbocycles. The summed E-state index contributed by atoms with van der Waals surface area (Å²) in [5.41, 5.74) is 0. The van der Waals surface area contributed by atoms with Crippen LogP contribution < -0.4 is 29.6 Å². The summed E-state index contributed by atoms with van der Waals surface area (Å²) in [7, 11) is 0. The topological polar surface area (TPSA) is 70.5 Å². The molecular weight excluding hydrogens is 71.0 g/mol. The third-order valence-electron chi connectivity index (χ3n) is 0. The predicted octanol–water partition coefficient (Wildman–Crippen LogP) is -3.16. The van der Waals surface area contributed by atoms with Crippen molar-refractivity contribution in [1.82, 2.24) is 0 Å². The molecular formula is H3NaO3. The molecule has 4 heteroatoms. The van der Waals surface area contributed by atoms with E-state index in [-0.39, 0.29) is 35.0 Å². The molecule has 22 valence electrons. The summed E-state index contributed by atoms with van der Waals surface area (Å²) in [4.78, 5) is 0. The fourth-order valence-electron chi connectivity index (χ4n) is 0. The maximum absolute atomic E-state index is 6.00. The first-order valence-corrected chi connectivity index (χ1v) is 0.200. The van der Waals surface area contributed by atoms with Crippen LogP contribution >= 0.6 is 0 Å². The monoisotopic (exact) mass is 74.0 g/mol. The van der Waals surface area contributed by atoms with Crippen molar-refractivity contribution in [1.29, 1.82) is 0 Å². The first-order valence-electron chi connectivity index (χ1n) is 0.200.